The van der Waals surface area contributed by atoms with E-state index in [4.69, 9.17) is 0 Å². The van der Waals surface area contributed by atoms with E-state index in [1.807, 2.05) is 6.92 Å². The molecule has 3 aromatic rings. The molecule has 1 aromatic carbocycles. The number of aryl methyl sites for hydroxylation is 2. The summed E-state index contributed by atoms with van der Waals surface area (Å²) < 4.78 is 3.27. The van der Waals surface area contributed by atoms with Gasteiger partial charge in [0.15, 0.2) is 0 Å². The largest absolute Gasteiger partial charge is 0.361 e. The Morgan fingerprint density at radius 3 is 2.78 bits per heavy atom. The molecule has 1 fully saturated rings. The molecule has 0 amide bonds. The van der Waals surface area contributed by atoms with Crippen molar-refractivity contribution in [3.05, 3.63) is 51.8 Å². The molecule has 2 aromatic heterocycles. The fraction of sp³-hybridized carbons (Fsp3) is 0.524. The molecule has 0 saturated carbocycles. The van der Waals surface area contributed by atoms with E-state index in [1.54, 1.807) is 11.6 Å². The van der Waals surface area contributed by atoms with Crippen LogP contribution in [0.4, 0.5) is 0 Å². The number of H-pyrrole nitrogens is 1. The van der Waals surface area contributed by atoms with Gasteiger partial charge in [0.05, 0.1) is 0 Å². The van der Waals surface area contributed by atoms with Gasteiger partial charge in [0.25, 0.3) is 0 Å². The van der Waals surface area contributed by atoms with Crippen molar-refractivity contribution in [2.45, 2.75) is 46.2 Å². The van der Waals surface area contributed by atoms with Gasteiger partial charge in [-0.3, -0.25) is 9.47 Å². The number of benzene rings is 1. The van der Waals surface area contributed by atoms with Gasteiger partial charge in [-0.15, -0.1) is 0 Å². The van der Waals surface area contributed by atoms with Gasteiger partial charge in [-0.1, -0.05) is 18.2 Å². The van der Waals surface area contributed by atoms with E-state index in [1.165, 1.54) is 26.7 Å². The fourth-order valence-corrected chi connectivity index (χ4v) is 4.37. The SMILES string of the molecule is CCn1c(CC2CCN(Cc3c[nH]c4c(C)cccc34)CC2)nn(C)c1=O. The molecule has 27 heavy (non-hydrogen) atoms. The van der Waals surface area contributed by atoms with Crippen molar-refractivity contribution in [3.63, 3.8) is 0 Å². The van der Waals surface area contributed by atoms with E-state index in [0.717, 1.165) is 44.7 Å². The number of likely N-dealkylation sites (tertiary alicyclic amines) is 1. The molecule has 0 unspecified atom stereocenters. The van der Waals surface area contributed by atoms with E-state index in [-0.39, 0.29) is 5.69 Å². The van der Waals surface area contributed by atoms with E-state index in [9.17, 15) is 4.79 Å². The number of para-hydroxylation sites is 1. The quantitative estimate of drug-likeness (QED) is 0.754. The lowest BCUT2D eigenvalue weighted by Gasteiger charge is -2.31. The molecule has 0 atom stereocenters. The number of piperidine rings is 1. The van der Waals surface area contributed by atoms with Gasteiger partial charge < -0.3 is 4.98 Å². The first-order chi connectivity index (χ1) is 13.1. The Hall–Kier alpha value is -2.34. The van der Waals surface area contributed by atoms with E-state index < -0.39 is 0 Å². The number of hydrogen-bond acceptors (Lipinski definition) is 3. The van der Waals surface area contributed by atoms with Gasteiger partial charge in [-0.25, -0.2) is 9.48 Å². The van der Waals surface area contributed by atoms with Crippen LogP contribution in [-0.4, -0.2) is 37.3 Å². The zero-order valence-corrected chi connectivity index (χ0v) is 16.5. The van der Waals surface area contributed by atoms with Crippen molar-refractivity contribution < 1.29 is 0 Å². The molecular formula is C21H29N5O. The molecule has 1 N–H and O–H groups in total. The van der Waals surface area contributed by atoms with Gasteiger partial charge in [0.2, 0.25) is 0 Å². The lowest BCUT2D eigenvalue weighted by Crippen LogP contribution is -2.34. The Kier molecular flexibility index (Phi) is 4.91. The summed E-state index contributed by atoms with van der Waals surface area (Å²) in [6.07, 6.45) is 5.40. The maximum Gasteiger partial charge on any atom is 0.345 e. The summed E-state index contributed by atoms with van der Waals surface area (Å²) in [6.45, 7) is 8.07. The molecule has 6 nitrogen and oxygen atoms in total. The van der Waals surface area contributed by atoms with E-state index in [2.05, 4.69) is 46.3 Å². The number of aromatic nitrogens is 4. The highest BCUT2D eigenvalue weighted by atomic mass is 16.2. The van der Waals surface area contributed by atoms with Crippen LogP contribution in [0.15, 0.2) is 29.2 Å². The third-order valence-electron chi connectivity index (χ3n) is 5.98. The Bertz CT molecular complexity index is 988. The molecule has 144 valence electrons. The van der Waals surface area contributed by atoms with Crippen LogP contribution in [0.25, 0.3) is 10.9 Å². The lowest BCUT2D eigenvalue weighted by molar-refractivity contribution is 0.176. The molecule has 0 aliphatic carbocycles. The van der Waals surface area contributed by atoms with Crippen LogP contribution in [0.1, 0.15) is 36.7 Å². The normalized spacial score (nSPS) is 16.4. The van der Waals surface area contributed by atoms with Crippen molar-refractivity contribution in [2.75, 3.05) is 13.1 Å². The minimum atomic E-state index is -0.000402. The Morgan fingerprint density at radius 2 is 2.04 bits per heavy atom. The number of hydrogen-bond donors (Lipinski definition) is 1. The molecule has 4 rings (SSSR count). The van der Waals surface area contributed by atoms with Gasteiger partial charge in [0.1, 0.15) is 5.82 Å². The van der Waals surface area contributed by atoms with Crippen molar-refractivity contribution in [3.8, 4) is 0 Å². The number of aromatic amines is 1. The highest BCUT2D eigenvalue weighted by molar-refractivity contribution is 5.85. The zero-order chi connectivity index (χ0) is 19.0. The van der Waals surface area contributed by atoms with E-state index in [0.29, 0.717) is 12.5 Å². The predicted molar refractivity (Wildman–Crippen MR) is 108 cm³/mol. The summed E-state index contributed by atoms with van der Waals surface area (Å²) in [7, 11) is 1.74. The summed E-state index contributed by atoms with van der Waals surface area (Å²) in [5.41, 5.74) is 3.95. The highest BCUT2D eigenvalue weighted by Gasteiger charge is 2.23. The van der Waals surface area contributed by atoms with Crippen LogP contribution in [0, 0.1) is 12.8 Å². The van der Waals surface area contributed by atoms with Crippen molar-refractivity contribution >= 4 is 10.9 Å². The van der Waals surface area contributed by atoms with Gasteiger partial charge in [-0.05, 0) is 56.8 Å². The molecule has 0 spiro atoms. The summed E-state index contributed by atoms with van der Waals surface area (Å²) in [5.74, 6) is 1.55. The summed E-state index contributed by atoms with van der Waals surface area (Å²) in [6, 6.07) is 6.51. The molecular weight excluding hydrogens is 338 g/mol. The van der Waals surface area contributed by atoms with Gasteiger partial charge >= 0.3 is 5.69 Å². The number of rotatable bonds is 5. The van der Waals surface area contributed by atoms with Crippen LogP contribution < -0.4 is 5.69 Å². The number of nitrogens with one attached hydrogen (secondary N) is 1. The van der Waals surface area contributed by atoms with Crippen molar-refractivity contribution in [1.29, 1.82) is 0 Å². The first-order valence-electron chi connectivity index (χ1n) is 9.97. The van der Waals surface area contributed by atoms with Crippen LogP contribution in [-0.2, 0) is 26.6 Å². The average molecular weight is 367 g/mol. The topological polar surface area (TPSA) is 58.9 Å². The average Bonchev–Trinajstić information content (AvgIpc) is 3.19. The highest BCUT2D eigenvalue weighted by Crippen LogP contribution is 2.26. The Labute approximate surface area is 159 Å². The molecule has 1 aliphatic heterocycles. The summed E-state index contributed by atoms with van der Waals surface area (Å²) in [4.78, 5) is 18.1. The third kappa shape index (κ3) is 3.46. The standard InChI is InChI=1S/C21H29N5O/c1-4-26-19(23-24(3)21(26)27)12-16-8-10-25(11-9-16)14-17-13-22-20-15(2)6-5-7-18(17)20/h5-7,13,16,22H,4,8-12,14H2,1-3H3. The van der Waals surface area contributed by atoms with Crippen LogP contribution in [0.5, 0.6) is 0 Å². The van der Waals surface area contributed by atoms with Gasteiger partial charge in [0, 0.05) is 43.7 Å². The molecule has 1 aliphatic rings. The number of nitrogens with zero attached hydrogens (tertiary/aromatic N) is 4. The van der Waals surface area contributed by atoms with Crippen molar-refractivity contribution in [1.82, 2.24) is 24.2 Å². The Morgan fingerprint density at radius 1 is 1.26 bits per heavy atom. The lowest BCUT2D eigenvalue weighted by atomic mass is 9.93. The Balaban J connectivity index is 1.38. The second-order valence-electron chi connectivity index (χ2n) is 7.80. The first kappa shape index (κ1) is 18.0. The van der Waals surface area contributed by atoms with Crippen molar-refractivity contribution in [2.24, 2.45) is 13.0 Å². The smallest absolute Gasteiger partial charge is 0.345 e. The second-order valence-corrected chi connectivity index (χ2v) is 7.80. The zero-order valence-electron chi connectivity index (χ0n) is 16.5. The second kappa shape index (κ2) is 7.35. The maximum absolute atomic E-state index is 12.1. The monoisotopic (exact) mass is 367 g/mol. The third-order valence-corrected chi connectivity index (χ3v) is 5.98. The minimum absolute atomic E-state index is 0.000402. The molecule has 0 bridgehead atoms. The van der Waals surface area contributed by atoms with Crippen LogP contribution in [0.3, 0.4) is 0 Å². The fourth-order valence-electron chi connectivity index (χ4n) is 4.37. The maximum atomic E-state index is 12.1. The van der Waals surface area contributed by atoms with Gasteiger partial charge in [-0.2, -0.15) is 5.10 Å². The molecule has 3 heterocycles. The predicted octanol–water partition coefficient (Wildman–Crippen LogP) is 2.85. The summed E-state index contributed by atoms with van der Waals surface area (Å²) >= 11 is 0. The first-order valence-corrected chi connectivity index (χ1v) is 9.97. The van der Waals surface area contributed by atoms with E-state index >= 15 is 0 Å². The minimum Gasteiger partial charge on any atom is -0.361 e. The van der Waals surface area contributed by atoms with Crippen LogP contribution in [0.2, 0.25) is 0 Å². The molecule has 0 radical (unpaired) electrons. The van der Waals surface area contributed by atoms with Crippen LogP contribution >= 0.6 is 0 Å². The number of fused-ring (bicyclic) bond motifs is 1. The molecule has 6 heteroatoms. The summed E-state index contributed by atoms with van der Waals surface area (Å²) in [5, 5.41) is 5.79. The molecule has 1 saturated heterocycles.